The van der Waals surface area contributed by atoms with Crippen LogP contribution in [0, 0.1) is 5.82 Å². The van der Waals surface area contributed by atoms with E-state index >= 15 is 0 Å². The van der Waals surface area contributed by atoms with E-state index in [2.05, 4.69) is 25.1 Å². The molecule has 0 saturated carbocycles. The van der Waals surface area contributed by atoms with Gasteiger partial charge in [0.05, 0.1) is 40.2 Å². The molecule has 1 atom stereocenters. The summed E-state index contributed by atoms with van der Waals surface area (Å²) in [5, 5.41) is 0.0442. The molecule has 1 saturated heterocycles. The summed E-state index contributed by atoms with van der Waals surface area (Å²) >= 11 is 13.5. The fourth-order valence-electron chi connectivity index (χ4n) is 4.57. The molecule has 1 fully saturated rings. The van der Waals surface area contributed by atoms with E-state index in [0.29, 0.717) is 32.5 Å². The Balaban J connectivity index is 1.36. The molecule has 3 aliphatic rings. The minimum Gasteiger partial charge on any atom is -0.362 e. The Labute approximate surface area is 194 Å². The van der Waals surface area contributed by atoms with Crippen molar-refractivity contribution in [3.63, 3.8) is 0 Å². The first-order valence-corrected chi connectivity index (χ1v) is 11.7. The molecule has 0 aliphatic carbocycles. The van der Waals surface area contributed by atoms with Crippen LogP contribution in [0.4, 0.5) is 4.39 Å². The van der Waals surface area contributed by atoms with Crippen molar-refractivity contribution < 1.29 is 13.9 Å². The number of rotatable bonds is 3. The van der Waals surface area contributed by atoms with Crippen molar-refractivity contribution in [2.75, 3.05) is 13.1 Å². The molecular weight excluding hydrogens is 458 g/mol. The van der Waals surface area contributed by atoms with E-state index in [1.165, 1.54) is 17.5 Å². The Morgan fingerprint density at radius 1 is 1.26 bits per heavy atom. The number of halogens is 3. The molecule has 0 radical (unpaired) electrons. The number of carbonyl (C=O) groups excluding carboxylic acids is 1. The predicted octanol–water partition coefficient (Wildman–Crippen LogP) is 5.87. The third kappa shape index (κ3) is 3.39. The van der Waals surface area contributed by atoms with Gasteiger partial charge in [-0.3, -0.25) is 4.79 Å². The number of benzene rings is 2. The van der Waals surface area contributed by atoms with Gasteiger partial charge in [0, 0.05) is 12.8 Å². The molecule has 0 unspecified atom stereocenters. The molecule has 31 heavy (non-hydrogen) atoms. The van der Waals surface area contributed by atoms with Gasteiger partial charge in [0.2, 0.25) is 5.91 Å². The van der Waals surface area contributed by atoms with Crippen LogP contribution in [0.25, 0.3) is 0 Å². The molecule has 1 amide bonds. The quantitative estimate of drug-likeness (QED) is 0.409. The van der Waals surface area contributed by atoms with Crippen LogP contribution in [0.15, 0.2) is 34.7 Å². The van der Waals surface area contributed by atoms with Gasteiger partial charge in [-0.1, -0.05) is 42.3 Å². The number of hydrogen-bond acceptors (Lipinski definition) is 4. The van der Waals surface area contributed by atoms with Crippen LogP contribution in [-0.4, -0.2) is 29.6 Å². The van der Waals surface area contributed by atoms with E-state index in [1.54, 1.807) is 12.1 Å². The van der Waals surface area contributed by atoms with Crippen LogP contribution < -0.4 is 0 Å². The molecule has 8 heteroatoms. The Hall–Kier alpha value is -1.60. The summed E-state index contributed by atoms with van der Waals surface area (Å²) in [6.45, 7) is 5.72. The molecule has 162 valence electrons. The average molecular weight is 479 g/mol. The predicted molar refractivity (Wildman–Crippen MR) is 122 cm³/mol. The van der Waals surface area contributed by atoms with E-state index in [0.717, 1.165) is 22.4 Å². The summed E-state index contributed by atoms with van der Waals surface area (Å²) in [6, 6.07) is 9.60. The van der Waals surface area contributed by atoms with Crippen molar-refractivity contribution in [3.8, 4) is 0 Å². The lowest BCUT2D eigenvalue weighted by atomic mass is 9.83. The fourth-order valence-corrected chi connectivity index (χ4v) is 5.97. The zero-order chi connectivity index (χ0) is 22.0. The Bertz CT molecular complexity index is 1110. The van der Waals surface area contributed by atoms with Gasteiger partial charge in [0.1, 0.15) is 5.60 Å². The molecule has 0 aromatic heterocycles. The first-order chi connectivity index (χ1) is 14.7. The smallest absolute Gasteiger partial charge is 0.222 e. The topological polar surface area (TPSA) is 41.9 Å². The van der Waals surface area contributed by atoms with Crippen molar-refractivity contribution in [2.45, 2.75) is 43.6 Å². The molecule has 0 bridgehead atoms. The van der Waals surface area contributed by atoms with Gasteiger partial charge in [0.15, 0.2) is 5.82 Å². The largest absolute Gasteiger partial charge is 0.362 e. The maximum atomic E-state index is 13.8. The highest BCUT2D eigenvalue weighted by Crippen LogP contribution is 2.49. The standard InChI is InChI=1S/C23H21Cl2FN2O2S/c1-3-20(29)28-11-23(12-28)16-5-4-13(6-14(16)10-30-23)19-9-22(2,31-27-19)15-7-17(24)21(26)18(25)8-15/h4-8H,3,9-12H2,1-2H3/t22-/m0/s1. The molecule has 3 aliphatic heterocycles. The lowest BCUT2D eigenvalue weighted by Crippen LogP contribution is -2.61. The van der Waals surface area contributed by atoms with Crippen molar-refractivity contribution >= 4 is 46.8 Å². The third-order valence-electron chi connectivity index (χ3n) is 6.44. The maximum Gasteiger partial charge on any atom is 0.222 e. The molecule has 2 aromatic rings. The minimum atomic E-state index is -0.595. The number of likely N-dealkylation sites (tertiary alicyclic amines) is 1. The number of fused-ring (bicyclic) bond motifs is 2. The Morgan fingerprint density at radius 3 is 2.65 bits per heavy atom. The van der Waals surface area contributed by atoms with Crippen LogP contribution in [0.3, 0.4) is 0 Å². The lowest BCUT2D eigenvalue weighted by molar-refractivity contribution is -0.168. The highest BCUT2D eigenvalue weighted by Gasteiger charge is 2.51. The highest BCUT2D eigenvalue weighted by molar-refractivity contribution is 7.99. The molecule has 2 aromatic carbocycles. The fraction of sp³-hybridized carbons (Fsp3) is 0.391. The van der Waals surface area contributed by atoms with E-state index < -0.39 is 5.82 Å². The van der Waals surface area contributed by atoms with Gasteiger partial charge in [-0.15, -0.1) is 0 Å². The number of ether oxygens (including phenoxy) is 1. The zero-order valence-corrected chi connectivity index (χ0v) is 19.5. The molecule has 4 nitrogen and oxygen atoms in total. The second-order valence-electron chi connectivity index (χ2n) is 8.55. The van der Waals surface area contributed by atoms with Gasteiger partial charge in [0.25, 0.3) is 0 Å². The zero-order valence-electron chi connectivity index (χ0n) is 17.2. The summed E-state index contributed by atoms with van der Waals surface area (Å²) in [6.07, 6.45) is 1.20. The summed E-state index contributed by atoms with van der Waals surface area (Å²) < 4.78 is 24.3. The van der Waals surface area contributed by atoms with Crippen molar-refractivity contribution in [3.05, 3.63) is 68.4 Å². The number of carbonyl (C=O) groups is 1. The van der Waals surface area contributed by atoms with Gasteiger partial charge in [-0.2, -0.15) is 0 Å². The van der Waals surface area contributed by atoms with Crippen molar-refractivity contribution in [2.24, 2.45) is 4.40 Å². The molecule has 0 N–H and O–H groups in total. The summed E-state index contributed by atoms with van der Waals surface area (Å²) in [7, 11) is 0. The van der Waals surface area contributed by atoms with Gasteiger partial charge >= 0.3 is 0 Å². The molecular formula is C23H21Cl2FN2O2S. The molecule has 3 heterocycles. The van der Waals surface area contributed by atoms with E-state index in [1.807, 2.05) is 11.8 Å². The SMILES string of the molecule is CCC(=O)N1CC2(C1)OCc1cc(C3=NS[C@](C)(c4cc(Cl)c(F)c(Cl)c4)C3)ccc12. The third-order valence-corrected chi connectivity index (χ3v) is 8.08. The van der Waals surface area contributed by atoms with E-state index in [9.17, 15) is 9.18 Å². The number of nitrogens with zero attached hydrogens (tertiary/aromatic N) is 2. The molecule has 5 rings (SSSR count). The van der Waals surface area contributed by atoms with Crippen LogP contribution >= 0.6 is 35.1 Å². The highest BCUT2D eigenvalue weighted by atomic mass is 35.5. The van der Waals surface area contributed by atoms with Gasteiger partial charge < -0.3 is 9.64 Å². The Morgan fingerprint density at radius 2 is 1.97 bits per heavy atom. The first kappa shape index (κ1) is 21.3. The average Bonchev–Trinajstić information content (AvgIpc) is 3.31. The maximum absolute atomic E-state index is 13.8. The number of hydrogen-bond donors (Lipinski definition) is 0. The van der Waals surface area contributed by atoms with Crippen LogP contribution in [0.1, 0.15) is 48.9 Å². The second kappa shape index (κ2) is 7.48. The second-order valence-corrected chi connectivity index (χ2v) is 10.6. The number of amides is 1. The monoisotopic (exact) mass is 478 g/mol. The van der Waals surface area contributed by atoms with Crippen molar-refractivity contribution in [1.82, 2.24) is 4.90 Å². The van der Waals surface area contributed by atoms with Gasteiger partial charge in [-0.05, 0) is 59.3 Å². The van der Waals surface area contributed by atoms with Crippen LogP contribution in [0.5, 0.6) is 0 Å². The summed E-state index contributed by atoms with van der Waals surface area (Å²) in [4.78, 5) is 13.8. The van der Waals surface area contributed by atoms with Gasteiger partial charge in [-0.25, -0.2) is 8.79 Å². The van der Waals surface area contributed by atoms with E-state index in [-0.39, 0.29) is 26.3 Å². The summed E-state index contributed by atoms with van der Waals surface area (Å²) in [5.41, 5.74) is 4.84. The van der Waals surface area contributed by atoms with Crippen LogP contribution in [-0.2, 0) is 26.5 Å². The van der Waals surface area contributed by atoms with Crippen LogP contribution in [0.2, 0.25) is 10.0 Å². The minimum absolute atomic E-state index is 0.0221. The normalized spacial score (nSPS) is 23.6. The molecule has 1 spiro atoms. The lowest BCUT2D eigenvalue weighted by Gasteiger charge is -2.47. The summed E-state index contributed by atoms with van der Waals surface area (Å²) in [5.74, 6) is -0.431. The Kier molecular flexibility index (Phi) is 5.13. The first-order valence-electron chi connectivity index (χ1n) is 10.2. The van der Waals surface area contributed by atoms with Crippen molar-refractivity contribution in [1.29, 1.82) is 0 Å². The van der Waals surface area contributed by atoms with E-state index in [4.69, 9.17) is 32.3 Å².